The number of carbonyl (C=O) groups is 2. The normalized spacial score (nSPS) is 16.1. The third-order valence-corrected chi connectivity index (χ3v) is 3.36. The van der Waals surface area contributed by atoms with Crippen molar-refractivity contribution in [1.82, 2.24) is 5.32 Å². The van der Waals surface area contributed by atoms with E-state index in [4.69, 9.17) is 0 Å². The van der Waals surface area contributed by atoms with Gasteiger partial charge in [-0.15, -0.1) is 0 Å². The van der Waals surface area contributed by atoms with Crippen LogP contribution in [-0.4, -0.2) is 22.5 Å². The molecule has 18 heavy (non-hydrogen) atoms. The standard InChI is InChI=1S/C14H27NO3/c1-6-8-11(10(3)4)12(16)15-14(5,9-7-2)13(17)18/h10-11H,6-9H2,1-5H3,(H,15,16)(H,17,18). The van der Waals surface area contributed by atoms with Gasteiger partial charge in [-0.1, -0.05) is 40.5 Å². The molecule has 0 saturated heterocycles. The van der Waals surface area contributed by atoms with Crippen molar-refractivity contribution in [3.8, 4) is 0 Å². The molecule has 2 N–H and O–H groups in total. The van der Waals surface area contributed by atoms with E-state index in [1.54, 1.807) is 6.92 Å². The molecule has 2 unspecified atom stereocenters. The maximum absolute atomic E-state index is 12.2. The molecule has 0 fully saturated rings. The molecule has 0 spiro atoms. The molecule has 0 bridgehead atoms. The number of carboxylic acid groups (broad SMARTS) is 1. The van der Waals surface area contributed by atoms with Gasteiger partial charge in [-0.25, -0.2) is 4.79 Å². The van der Waals surface area contributed by atoms with Gasteiger partial charge in [0.15, 0.2) is 0 Å². The monoisotopic (exact) mass is 257 g/mol. The Labute approximate surface area is 110 Å². The Kier molecular flexibility index (Phi) is 6.96. The molecule has 0 aromatic carbocycles. The van der Waals surface area contributed by atoms with Crippen molar-refractivity contribution in [3.05, 3.63) is 0 Å². The summed E-state index contributed by atoms with van der Waals surface area (Å²) in [4.78, 5) is 23.5. The molecule has 0 aliphatic heterocycles. The highest BCUT2D eigenvalue weighted by atomic mass is 16.4. The predicted molar refractivity (Wildman–Crippen MR) is 72.3 cm³/mol. The van der Waals surface area contributed by atoms with Gasteiger partial charge in [-0.2, -0.15) is 0 Å². The SMILES string of the molecule is CCCC(C(=O)NC(C)(CCC)C(=O)O)C(C)C. The highest BCUT2D eigenvalue weighted by Gasteiger charge is 2.36. The average molecular weight is 257 g/mol. The minimum absolute atomic E-state index is 0.106. The molecular formula is C14H27NO3. The number of amides is 1. The van der Waals surface area contributed by atoms with E-state index in [-0.39, 0.29) is 17.7 Å². The smallest absolute Gasteiger partial charge is 0.329 e. The Morgan fingerprint density at radius 3 is 2.11 bits per heavy atom. The summed E-state index contributed by atoms with van der Waals surface area (Å²) in [6, 6.07) is 0. The number of hydrogen-bond acceptors (Lipinski definition) is 2. The number of aliphatic carboxylic acids is 1. The molecule has 0 aliphatic rings. The first-order chi connectivity index (χ1) is 8.28. The summed E-state index contributed by atoms with van der Waals surface area (Å²) < 4.78 is 0. The Morgan fingerprint density at radius 1 is 1.22 bits per heavy atom. The minimum Gasteiger partial charge on any atom is -0.480 e. The summed E-state index contributed by atoms with van der Waals surface area (Å²) in [6.07, 6.45) is 2.90. The van der Waals surface area contributed by atoms with Crippen LogP contribution in [0.25, 0.3) is 0 Å². The Bertz CT molecular complexity index is 289. The summed E-state index contributed by atoms with van der Waals surface area (Å²) in [5, 5.41) is 12.0. The van der Waals surface area contributed by atoms with Crippen molar-refractivity contribution in [3.63, 3.8) is 0 Å². The van der Waals surface area contributed by atoms with E-state index in [1.165, 1.54) is 0 Å². The Balaban J connectivity index is 4.81. The molecule has 2 atom stereocenters. The molecule has 0 rings (SSSR count). The number of carboxylic acids is 1. The van der Waals surface area contributed by atoms with Crippen LogP contribution in [0.1, 0.15) is 60.3 Å². The molecule has 0 radical (unpaired) electrons. The summed E-state index contributed by atoms with van der Waals surface area (Å²) in [6.45, 7) is 9.53. The summed E-state index contributed by atoms with van der Waals surface area (Å²) in [7, 11) is 0. The average Bonchev–Trinajstić information content (AvgIpc) is 2.25. The fourth-order valence-corrected chi connectivity index (χ4v) is 2.17. The van der Waals surface area contributed by atoms with Crippen LogP contribution >= 0.6 is 0 Å². The molecule has 0 saturated carbocycles. The second-order valence-corrected chi connectivity index (χ2v) is 5.52. The summed E-state index contributed by atoms with van der Waals surface area (Å²) in [5.41, 5.74) is -1.15. The fourth-order valence-electron chi connectivity index (χ4n) is 2.17. The number of rotatable bonds is 8. The first-order valence-electron chi connectivity index (χ1n) is 6.83. The van der Waals surface area contributed by atoms with Crippen LogP contribution < -0.4 is 5.32 Å². The van der Waals surface area contributed by atoms with E-state index in [1.807, 2.05) is 27.7 Å². The van der Waals surface area contributed by atoms with Gasteiger partial charge in [-0.3, -0.25) is 4.79 Å². The van der Waals surface area contributed by atoms with Crippen LogP contribution in [0, 0.1) is 11.8 Å². The van der Waals surface area contributed by atoms with Crippen molar-refractivity contribution >= 4 is 11.9 Å². The van der Waals surface area contributed by atoms with E-state index >= 15 is 0 Å². The van der Waals surface area contributed by atoms with Crippen LogP contribution in [-0.2, 0) is 9.59 Å². The Hall–Kier alpha value is -1.06. The predicted octanol–water partition coefficient (Wildman–Crippen LogP) is 2.82. The van der Waals surface area contributed by atoms with Crippen LogP contribution in [0.4, 0.5) is 0 Å². The largest absolute Gasteiger partial charge is 0.480 e. The molecule has 4 nitrogen and oxygen atoms in total. The number of hydrogen-bond donors (Lipinski definition) is 2. The molecule has 0 aliphatic carbocycles. The molecule has 106 valence electrons. The maximum atomic E-state index is 12.2. The lowest BCUT2D eigenvalue weighted by Crippen LogP contribution is -2.54. The van der Waals surface area contributed by atoms with Crippen LogP contribution in [0.2, 0.25) is 0 Å². The lowest BCUT2D eigenvalue weighted by molar-refractivity contribution is -0.148. The molecular weight excluding hydrogens is 230 g/mol. The first kappa shape index (κ1) is 16.9. The zero-order valence-corrected chi connectivity index (χ0v) is 12.2. The van der Waals surface area contributed by atoms with Crippen LogP contribution in [0.15, 0.2) is 0 Å². The van der Waals surface area contributed by atoms with Gasteiger partial charge < -0.3 is 10.4 Å². The van der Waals surface area contributed by atoms with Gasteiger partial charge in [0.1, 0.15) is 5.54 Å². The van der Waals surface area contributed by atoms with Crippen LogP contribution in [0.3, 0.4) is 0 Å². The van der Waals surface area contributed by atoms with Crippen molar-refractivity contribution in [2.24, 2.45) is 11.8 Å². The molecule has 0 heterocycles. The van der Waals surface area contributed by atoms with Crippen LogP contribution in [0.5, 0.6) is 0 Å². The van der Waals surface area contributed by atoms with Crippen molar-refractivity contribution in [1.29, 1.82) is 0 Å². The topological polar surface area (TPSA) is 66.4 Å². The third-order valence-electron chi connectivity index (χ3n) is 3.36. The van der Waals surface area contributed by atoms with Crippen molar-refractivity contribution in [2.75, 3.05) is 0 Å². The van der Waals surface area contributed by atoms with E-state index in [2.05, 4.69) is 5.32 Å². The number of nitrogens with one attached hydrogen (secondary N) is 1. The van der Waals surface area contributed by atoms with Gasteiger partial charge in [-0.05, 0) is 25.7 Å². The fraction of sp³-hybridized carbons (Fsp3) is 0.857. The van der Waals surface area contributed by atoms with E-state index in [0.29, 0.717) is 6.42 Å². The van der Waals surface area contributed by atoms with Gasteiger partial charge in [0, 0.05) is 5.92 Å². The van der Waals surface area contributed by atoms with Gasteiger partial charge >= 0.3 is 5.97 Å². The highest BCUT2D eigenvalue weighted by Crippen LogP contribution is 2.20. The molecule has 0 aromatic heterocycles. The van der Waals surface area contributed by atoms with Gasteiger partial charge in [0.25, 0.3) is 0 Å². The second-order valence-electron chi connectivity index (χ2n) is 5.52. The highest BCUT2D eigenvalue weighted by molar-refractivity contribution is 5.87. The summed E-state index contributed by atoms with van der Waals surface area (Å²) in [5.74, 6) is -0.975. The maximum Gasteiger partial charge on any atom is 0.329 e. The van der Waals surface area contributed by atoms with Gasteiger partial charge in [0.05, 0.1) is 0 Å². The summed E-state index contributed by atoms with van der Waals surface area (Å²) >= 11 is 0. The zero-order valence-electron chi connectivity index (χ0n) is 12.2. The van der Waals surface area contributed by atoms with E-state index in [9.17, 15) is 14.7 Å². The van der Waals surface area contributed by atoms with E-state index < -0.39 is 11.5 Å². The lowest BCUT2D eigenvalue weighted by Gasteiger charge is -2.29. The van der Waals surface area contributed by atoms with Crippen molar-refractivity contribution in [2.45, 2.75) is 65.8 Å². The second kappa shape index (κ2) is 7.39. The zero-order chi connectivity index (χ0) is 14.3. The molecule has 4 heteroatoms. The lowest BCUT2D eigenvalue weighted by atomic mass is 9.88. The Morgan fingerprint density at radius 2 is 1.78 bits per heavy atom. The van der Waals surface area contributed by atoms with E-state index in [0.717, 1.165) is 19.3 Å². The third kappa shape index (κ3) is 4.67. The minimum atomic E-state index is -1.15. The first-order valence-corrected chi connectivity index (χ1v) is 6.83. The van der Waals surface area contributed by atoms with Gasteiger partial charge in [0.2, 0.25) is 5.91 Å². The quantitative estimate of drug-likeness (QED) is 0.702. The molecule has 1 amide bonds. The number of carbonyl (C=O) groups excluding carboxylic acids is 1. The molecule has 0 aromatic rings. The van der Waals surface area contributed by atoms with Crippen molar-refractivity contribution < 1.29 is 14.7 Å².